The number of amides is 4. The van der Waals surface area contributed by atoms with Gasteiger partial charge in [-0.3, -0.25) is 24.2 Å². The first-order chi connectivity index (χ1) is 16.8. The van der Waals surface area contributed by atoms with E-state index in [1.165, 1.54) is 32.2 Å². The van der Waals surface area contributed by atoms with E-state index in [0.29, 0.717) is 5.69 Å². The number of likely N-dealkylation sites (tertiary alicyclic amines) is 1. The van der Waals surface area contributed by atoms with E-state index < -0.39 is 66.6 Å². The monoisotopic (exact) mass is 529 g/mol. The second kappa shape index (κ2) is 12.6. The second-order valence-electron chi connectivity index (χ2n) is 8.52. The lowest BCUT2D eigenvalue weighted by molar-refractivity contribution is -0.141. The smallest absolute Gasteiger partial charge is 0.327 e. The molecule has 0 aromatic carbocycles. The third kappa shape index (κ3) is 8.43. The number of pyridine rings is 1. The first-order valence-corrected chi connectivity index (χ1v) is 11.8. The fourth-order valence-corrected chi connectivity index (χ4v) is 3.82. The number of aliphatic carboxylic acids is 1. The van der Waals surface area contributed by atoms with Gasteiger partial charge in [-0.05, 0) is 26.0 Å². The lowest BCUT2D eigenvalue weighted by Gasteiger charge is -2.25. The summed E-state index contributed by atoms with van der Waals surface area (Å²) in [4.78, 5) is 64.9. The maximum atomic E-state index is 13.6. The molecule has 1 saturated heterocycles. The van der Waals surface area contributed by atoms with Crippen LogP contribution in [0.15, 0.2) is 18.3 Å². The molecule has 11 nitrogen and oxygen atoms in total. The summed E-state index contributed by atoms with van der Waals surface area (Å²) >= 11 is 3.84. The fourth-order valence-electron chi connectivity index (χ4n) is 3.57. The highest BCUT2D eigenvalue weighted by atomic mass is 32.1. The minimum Gasteiger partial charge on any atom is -0.480 e. The molecule has 0 aliphatic carbocycles. The quantitative estimate of drug-likeness (QED) is 0.259. The maximum Gasteiger partial charge on any atom is 0.327 e. The number of aromatic nitrogens is 1. The number of carboxylic acid groups (broad SMARTS) is 1. The van der Waals surface area contributed by atoms with Crippen LogP contribution in [0.1, 0.15) is 49.2 Å². The van der Waals surface area contributed by atoms with Gasteiger partial charge in [-0.2, -0.15) is 12.6 Å². The average molecular weight is 530 g/mol. The van der Waals surface area contributed by atoms with Gasteiger partial charge in [0.1, 0.15) is 12.1 Å². The Hall–Kier alpha value is -3.29. The molecule has 0 bridgehead atoms. The van der Waals surface area contributed by atoms with Crippen LogP contribution >= 0.6 is 12.6 Å². The number of carbonyl (C=O) groups excluding carboxylic acids is 4. The second-order valence-corrected chi connectivity index (χ2v) is 8.89. The normalized spacial score (nSPS) is 18.1. The summed E-state index contributed by atoms with van der Waals surface area (Å²) in [6, 6.07) is -0.0271. The number of hydrogen-bond acceptors (Lipinski definition) is 7. The van der Waals surface area contributed by atoms with Gasteiger partial charge in [-0.15, -0.1) is 0 Å². The van der Waals surface area contributed by atoms with Crippen LogP contribution in [0, 0.1) is 0 Å². The Morgan fingerprint density at radius 1 is 1.22 bits per heavy atom. The van der Waals surface area contributed by atoms with E-state index >= 15 is 0 Å². The zero-order chi connectivity index (χ0) is 27.0. The summed E-state index contributed by atoms with van der Waals surface area (Å²) in [5, 5.41) is 16.2. The predicted octanol–water partition coefficient (Wildman–Crippen LogP) is 0.352. The van der Waals surface area contributed by atoms with E-state index in [2.05, 4.69) is 33.6 Å². The molecular formula is C22H29F2N5O6S. The molecule has 198 valence electrons. The number of nitrogens with zero attached hydrogens (tertiary/aromatic N) is 2. The predicted molar refractivity (Wildman–Crippen MR) is 126 cm³/mol. The van der Waals surface area contributed by atoms with Crippen molar-refractivity contribution < 1.29 is 37.9 Å². The Morgan fingerprint density at radius 3 is 2.47 bits per heavy atom. The molecule has 1 aromatic rings. The lowest BCUT2D eigenvalue weighted by atomic mass is 10.2. The van der Waals surface area contributed by atoms with E-state index in [-0.39, 0.29) is 30.7 Å². The Kier molecular flexibility index (Phi) is 10.1. The number of rotatable bonds is 11. The summed E-state index contributed by atoms with van der Waals surface area (Å²) in [5.41, 5.74) is 0.479. The van der Waals surface area contributed by atoms with Crippen molar-refractivity contribution in [1.82, 2.24) is 25.8 Å². The summed E-state index contributed by atoms with van der Waals surface area (Å²) in [7, 11) is 0. The molecule has 36 heavy (non-hydrogen) atoms. The van der Waals surface area contributed by atoms with E-state index in [9.17, 15) is 32.8 Å². The summed E-state index contributed by atoms with van der Waals surface area (Å²) < 4.78 is 27.2. The molecule has 14 heteroatoms. The highest BCUT2D eigenvalue weighted by Crippen LogP contribution is 2.32. The number of carbonyl (C=O) groups is 5. The zero-order valence-electron chi connectivity index (χ0n) is 19.8. The van der Waals surface area contributed by atoms with Crippen molar-refractivity contribution in [3.8, 4) is 0 Å². The van der Waals surface area contributed by atoms with Crippen molar-refractivity contribution in [3.63, 3.8) is 0 Å². The van der Waals surface area contributed by atoms with Crippen molar-refractivity contribution in [1.29, 1.82) is 0 Å². The Balaban J connectivity index is 1.84. The number of carboxylic acids is 1. The van der Waals surface area contributed by atoms with Gasteiger partial charge < -0.3 is 26.0 Å². The highest BCUT2D eigenvalue weighted by molar-refractivity contribution is 7.80. The first kappa shape index (κ1) is 28.9. The third-order valence-corrected chi connectivity index (χ3v) is 5.83. The fraction of sp³-hybridized carbons (Fsp3) is 0.545. The molecule has 4 amide bonds. The Labute approximate surface area is 211 Å². The highest BCUT2D eigenvalue weighted by Gasteiger charge is 2.45. The van der Waals surface area contributed by atoms with Crippen molar-refractivity contribution in [2.45, 2.75) is 63.7 Å². The number of hydrogen-bond donors (Lipinski definition) is 5. The van der Waals surface area contributed by atoms with E-state index in [1.54, 1.807) is 0 Å². The summed E-state index contributed by atoms with van der Waals surface area (Å²) in [5.74, 6) is -6.61. The van der Waals surface area contributed by atoms with Crippen LogP contribution in [0.5, 0.6) is 0 Å². The molecule has 2 heterocycles. The van der Waals surface area contributed by atoms with Gasteiger partial charge in [0, 0.05) is 42.8 Å². The molecule has 1 aliphatic heterocycles. The molecule has 4 N–H and O–H groups in total. The van der Waals surface area contributed by atoms with Crippen molar-refractivity contribution in [2.24, 2.45) is 0 Å². The molecule has 1 aromatic heterocycles. The molecule has 1 aliphatic rings. The third-order valence-electron chi connectivity index (χ3n) is 5.47. The van der Waals surface area contributed by atoms with Crippen LogP contribution in [0.3, 0.4) is 0 Å². The van der Waals surface area contributed by atoms with Crippen molar-refractivity contribution in [3.05, 3.63) is 29.6 Å². The molecule has 3 atom stereocenters. The SMILES string of the molecule is C[C@H](NC(=O)c1ccnc(CNC(=O)CCC(=O)NC(CS)C(=O)O)c1)C(=O)N1CC(F)(F)C[C@H]1C. The largest absolute Gasteiger partial charge is 0.480 e. The minimum atomic E-state index is -2.96. The number of nitrogens with one attached hydrogen (secondary N) is 3. The van der Waals surface area contributed by atoms with Gasteiger partial charge in [-0.25, -0.2) is 13.6 Å². The van der Waals surface area contributed by atoms with Crippen LogP contribution in [-0.4, -0.2) is 80.9 Å². The Morgan fingerprint density at radius 2 is 1.89 bits per heavy atom. The van der Waals surface area contributed by atoms with Crippen molar-refractivity contribution >= 4 is 42.2 Å². The van der Waals surface area contributed by atoms with E-state index in [4.69, 9.17) is 5.11 Å². The molecule has 2 rings (SSSR count). The van der Waals surface area contributed by atoms with Crippen LogP contribution in [-0.2, 0) is 25.7 Å². The minimum absolute atomic E-state index is 0.0508. The van der Waals surface area contributed by atoms with E-state index in [0.717, 1.165) is 4.90 Å². The molecule has 1 unspecified atom stereocenters. The van der Waals surface area contributed by atoms with Crippen LogP contribution in [0.2, 0.25) is 0 Å². The lowest BCUT2D eigenvalue weighted by Crippen LogP contribution is -2.48. The number of halogens is 2. The first-order valence-electron chi connectivity index (χ1n) is 11.2. The maximum absolute atomic E-state index is 13.6. The van der Waals surface area contributed by atoms with Gasteiger partial charge in [0.2, 0.25) is 17.7 Å². The Bertz CT molecular complexity index is 1010. The number of alkyl halides is 2. The van der Waals surface area contributed by atoms with E-state index in [1.807, 2.05) is 0 Å². The summed E-state index contributed by atoms with van der Waals surface area (Å²) in [6.07, 6.45) is 0.482. The summed E-state index contributed by atoms with van der Waals surface area (Å²) in [6.45, 7) is 2.20. The van der Waals surface area contributed by atoms with Crippen LogP contribution in [0.25, 0.3) is 0 Å². The van der Waals surface area contributed by atoms with Gasteiger partial charge in [0.15, 0.2) is 0 Å². The topological polar surface area (TPSA) is 158 Å². The number of thiol groups is 1. The molecule has 0 spiro atoms. The van der Waals surface area contributed by atoms with Gasteiger partial charge in [-0.1, -0.05) is 0 Å². The van der Waals surface area contributed by atoms with Gasteiger partial charge >= 0.3 is 5.97 Å². The van der Waals surface area contributed by atoms with Gasteiger partial charge in [0.05, 0.1) is 18.8 Å². The average Bonchev–Trinajstić information content (AvgIpc) is 3.10. The van der Waals surface area contributed by atoms with Crippen molar-refractivity contribution in [2.75, 3.05) is 12.3 Å². The molecule has 1 fully saturated rings. The van der Waals surface area contributed by atoms with Crippen LogP contribution in [0.4, 0.5) is 8.78 Å². The standard InChI is InChI=1S/C22H29F2N5O6S/c1-12-8-22(23,24)11-29(12)20(33)13(2)27-19(32)14-5-6-25-15(7-14)9-26-17(30)3-4-18(31)28-16(10-36)21(34)35/h5-7,12-13,16,36H,3-4,8-11H2,1-2H3,(H,26,30)(H,27,32)(H,28,31)(H,34,35)/t12-,13+,16?/m1/s1. The van der Waals surface area contributed by atoms with Gasteiger partial charge in [0.25, 0.3) is 11.8 Å². The molecular weight excluding hydrogens is 500 g/mol. The van der Waals surface area contributed by atoms with Crippen LogP contribution < -0.4 is 16.0 Å². The molecule has 0 radical (unpaired) electrons. The zero-order valence-corrected chi connectivity index (χ0v) is 20.7. The molecule has 0 saturated carbocycles.